The van der Waals surface area contributed by atoms with Crippen LogP contribution >= 0.6 is 0 Å². The van der Waals surface area contributed by atoms with E-state index in [1.54, 1.807) is 0 Å². The van der Waals surface area contributed by atoms with Gasteiger partial charge in [-0.15, -0.1) is 0 Å². The molecule has 1 aliphatic carbocycles. The Bertz CT molecular complexity index is 651. The van der Waals surface area contributed by atoms with Gasteiger partial charge in [-0.3, -0.25) is 9.59 Å². The lowest BCUT2D eigenvalue weighted by atomic mass is 9.89. The molecule has 8 nitrogen and oxygen atoms in total. The van der Waals surface area contributed by atoms with Gasteiger partial charge in [0.15, 0.2) is 5.82 Å². The molecule has 26 heavy (non-hydrogen) atoms. The number of nitrogens with one attached hydrogen (secondary N) is 2. The van der Waals surface area contributed by atoms with Crippen molar-refractivity contribution in [3.05, 3.63) is 11.7 Å². The van der Waals surface area contributed by atoms with Crippen LogP contribution in [0.15, 0.2) is 4.52 Å². The Balaban J connectivity index is 1.22. The van der Waals surface area contributed by atoms with Gasteiger partial charge in [-0.05, 0) is 32.1 Å². The van der Waals surface area contributed by atoms with Crippen LogP contribution in [0.5, 0.6) is 0 Å². The first-order valence-electron chi connectivity index (χ1n) is 9.80. The number of piperidine rings is 1. The van der Waals surface area contributed by atoms with E-state index in [-0.39, 0.29) is 23.7 Å². The zero-order chi connectivity index (χ0) is 17.9. The molecule has 0 radical (unpaired) electrons. The standard InChI is InChI=1S/C18H27N5O3/c24-17(20-6-5-15-21-16(22-26-15)12-3-4-12)13-9-14(11-19-10-13)18(25)23-7-1-2-8-23/h12-14,19H,1-11H2,(H,20,24)/t13-,14-/m1/s1. The molecule has 3 fully saturated rings. The van der Waals surface area contributed by atoms with Crippen LogP contribution in [0.3, 0.4) is 0 Å². The number of hydrogen-bond acceptors (Lipinski definition) is 6. The van der Waals surface area contributed by atoms with Crippen LogP contribution in [0.4, 0.5) is 0 Å². The van der Waals surface area contributed by atoms with Crippen molar-refractivity contribution in [2.24, 2.45) is 11.8 Å². The summed E-state index contributed by atoms with van der Waals surface area (Å²) in [7, 11) is 0. The van der Waals surface area contributed by atoms with E-state index in [0.29, 0.717) is 44.3 Å². The minimum atomic E-state index is -0.162. The number of rotatable bonds is 6. The molecule has 3 aliphatic rings. The molecule has 0 aromatic carbocycles. The summed E-state index contributed by atoms with van der Waals surface area (Å²) in [5.41, 5.74) is 0. The van der Waals surface area contributed by atoms with E-state index in [9.17, 15) is 9.59 Å². The van der Waals surface area contributed by atoms with Gasteiger partial charge in [0.25, 0.3) is 0 Å². The Kier molecular flexibility index (Phi) is 5.19. The van der Waals surface area contributed by atoms with Gasteiger partial charge in [0.1, 0.15) is 0 Å². The van der Waals surface area contributed by atoms with E-state index in [2.05, 4.69) is 20.8 Å². The molecule has 1 saturated carbocycles. The third kappa shape index (κ3) is 4.06. The molecule has 0 spiro atoms. The van der Waals surface area contributed by atoms with Crippen molar-refractivity contribution in [3.8, 4) is 0 Å². The Labute approximate surface area is 153 Å². The van der Waals surface area contributed by atoms with Gasteiger partial charge in [0, 0.05) is 45.1 Å². The van der Waals surface area contributed by atoms with E-state index in [4.69, 9.17) is 4.52 Å². The van der Waals surface area contributed by atoms with Crippen molar-refractivity contribution in [3.63, 3.8) is 0 Å². The highest BCUT2D eigenvalue weighted by atomic mass is 16.5. The molecule has 2 aliphatic heterocycles. The summed E-state index contributed by atoms with van der Waals surface area (Å²) in [6.07, 6.45) is 5.63. The summed E-state index contributed by atoms with van der Waals surface area (Å²) in [4.78, 5) is 31.3. The highest BCUT2D eigenvalue weighted by Crippen LogP contribution is 2.38. The van der Waals surface area contributed by atoms with Crippen molar-refractivity contribution in [2.75, 3.05) is 32.7 Å². The molecule has 0 bridgehead atoms. The van der Waals surface area contributed by atoms with Crippen LogP contribution < -0.4 is 10.6 Å². The van der Waals surface area contributed by atoms with Crippen molar-refractivity contribution in [2.45, 2.75) is 44.4 Å². The fourth-order valence-electron chi connectivity index (χ4n) is 3.84. The summed E-state index contributed by atoms with van der Waals surface area (Å²) in [6.45, 7) is 3.50. The van der Waals surface area contributed by atoms with Gasteiger partial charge >= 0.3 is 0 Å². The van der Waals surface area contributed by atoms with Crippen molar-refractivity contribution in [1.29, 1.82) is 0 Å². The maximum absolute atomic E-state index is 12.6. The molecule has 1 aromatic heterocycles. The highest BCUT2D eigenvalue weighted by Gasteiger charge is 2.34. The van der Waals surface area contributed by atoms with Crippen LogP contribution in [0.25, 0.3) is 0 Å². The molecule has 0 unspecified atom stereocenters. The minimum Gasteiger partial charge on any atom is -0.355 e. The maximum Gasteiger partial charge on any atom is 0.228 e. The average molecular weight is 361 g/mol. The second-order valence-corrected chi connectivity index (χ2v) is 7.68. The van der Waals surface area contributed by atoms with Gasteiger partial charge in [-0.25, -0.2) is 0 Å². The van der Waals surface area contributed by atoms with Gasteiger partial charge in [0.2, 0.25) is 17.7 Å². The predicted molar refractivity (Wildman–Crippen MR) is 93.3 cm³/mol. The lowest BCUT2D eigenvalue weighted by molar-refractivity contribution is -0.136. The Morgan fingerprint density at radius 3 is 2.73 bits per heavy atom. The Morgan fingerprint density at radius 1 is 1.19 bits per heavy atom. The zero-order valence-corrected chi connectivity index (χ0v) is 15.1. The molecule has 4 rings (SSSR count). The molecule has 2 atom stereocenters. The molecule has 2 N–H and O–H groups in total. The molecule has 2 amide bonds. The predicted octanol–water partition coefficient (Wildman–Crippen LogP) is 0.454. The van der Waals surface area contributed by atoms with E-state index < -0.39 is 0 Å². The fourth-order valence-corrected chi connectivity index (χ4v) is 3.84. The minimum absolute atomic E-state index is 0.00152. The largest absolute Gasteiger partial charge is 0.355 e. The summed E-state index contributed by atoms with van der Waals surface area (Å²) in [5, 5.41) is 10.2. The highest BCUT2D eigenvalue weighted by molar-refractivity contribution is 5.83. The first kappa shape index (κ1) is 17.5. The molecular formula is C18H27N5O3. The lowest BCUT2D eigenvalue weighted by Crippen LogP contribution is -2.49. The van der Waals surface area contributed by atoms with Gasteiger partial charge in [-0.2, -0.15) is 4.98 Å². The van der Waals surface area contributed by atoms with Gasteiger partial charge in [-0.1, -0.05) is 5.16 Å². The SMILES string of the molecule is O=C(NCCc1nc(C2CC2)no1)[C@H]1CNC[C@H](C(=O)N2CCCC2)C1. The van der Waals surface area contributed by atoms with E-state index >= 15 is 0 Å². The molecule has 1 aromatic rings. The van der Waals surface area contributed by atoms with Crippen LogP contribution in [-0.4, -0.2) is 59.6 Å². The van der Waals surface area contributed by atoms with Crippen molar-refractivity contribution in [1.82, 2.24) is 25.7 Å². The van der Waals surface area contributed by atoms with Crippen LogP contribution in [0, 0.1) is 11.8 Å². The first-order chi connectivity index (χ1) is 12.7. The number of carbonyl (C=O) groups is 2. The molecule has 8 heteroatoms. The second kappa shape index (κ2) is 7.73. The number of hydrogen-bond donors (Lipinski definition) is 2. The monoisotopic (exact) mass is 361 g/mol. The normalized spacial score (nSPS) is 26.1. The smallest absolute Gasteiger partial charge is 0.228 e. The Hall–Kier alpha value is -1.96. The quantitative estimate of drug-likeness (QED) is 0.763. The van der Waals surface area contributed by atoms with E-state index in [0.717, 1.165) is 44.6 Å². The second-order valence-electron chi connectivity index (χ2n) is 7.68. The molecule has 142 valence electrons. The molecule has 2 saturated heterocycles. The molecule has 3 heterocycles. The third-order valence-electron chi connectivity index (χ3n) is 5.55. The average Bonchev–Trinajstić information content (AvgIpc) is 3.17. The summed E-state index contributed by atoms with van der Waals surface area (Å²) in [6, 6.07) is 0. The maximum atomic E-state index is 12.6. The summed E-state index contributed by atoms with van der Waals surface area (Å²) in [5.74, 6) is 1.80. The molecular weight excluding hydrogens is 334 g/mol. The fraction of sp³-hybridized carbons (Fsp3) is 0.778. The Morgan fingerprint density at radius 2 is 1.96 bits per heavy atom. The number of nitrogens with zero attached hydrogens (tertiary/aromatic N) is 3. The van der Waals surface area contributed by atoms with E-state index in [1.165, 1.54) is 0 Å². The van der Waals surface area contributed by atoms with Crippen LogP contribution in [-0.2, 0) is 16.0 Å². The zero-order valence-electron chi connectivity index (χ0n) is 15.1. The topological polar surface area (TPSA) is 100 Å². The summed E-state index contributed by atoms with van der Waals surface area (Å²) >= 11 is 0. The third-order valence-corrected chi connectivity index (χ3v) is 5.55. The number of carbonyl (C=O) groups excluding carboxylic acids is 2. The van der Waals surface area contributed by atoms with Crippen molar-refractivity contribution < 1.29 is 14.1 Å². The van der Waals surface area contributed by atoms with E-state index in [1.807, 2.05) is 4.90 Å². The number of amides is 2. The van der Waals surface area contributed by atoms with Crippen molar-refractivity contribution >= 4 is 11.8 Å². The number of likely N-dealkylation sites (tertiary alicyclic amines) is 1. The number of aromatic nitrogens is 2. The van der Waals surface area contributed by atoms with Crippen LogP contribution in [0.2, 0.25) is 0 Å². The van der Waals surface area contributed by atoms with Gasteiger partial charge < -0.3 is 20.1 Å². The van der Waals surface area contributed by atoms with Gasteiger partial charge in [0.05, 0.1) is 11.8 Å². The summed E-state index contributed by atoms with van der Waals surface area (Å²) < 4.78 is 5.22. The lowest BCUT2D eigenvalue weighted by Gasteiger charge is -2.31. The van der Waals surface area contributed by atoms with Crippen LogP contribution in [0.1, 0.15) is 49.7 Å². The first-order valence-corrected chi connectivity index (χ1v) is 9.80.